The maximum absolute atomic E-state index is 11.6. The van der Waals surface area contributed by atoms with Gasteiger partial charge in [-0.25, -0.2) is 4.98 Å². The van der Waals surface area contributed by atoms with Gasteiger partial charge in [-0.15, -0.1) is 0 Å². The molecule has 5 aromatic rings. The molecule has 1 fully saturated rings. The van der Waals surface area contributed by atoms with Crippen molar-refractivity contribution in [2.75, 3.05) is 31.1 Å². The van der Waals surface area contributed by atoms with Crippen molar-refractivity contribution in [3.8, 4) is 11.4 Å². The highest BCUT2D eigenvalue weighted by atomic mass is 16.1. The van der Waals surface area contributed by atoms with Crippen molar-refractivity contribution in [3.63, 3.8) is 0 Å². The van der Waals surface area contributed by atoms with Crippen molar-refractivity contribution in [1.82, 2.24) is 24.8 Å². The number of rotatable bonds is 5. The lowest BCUT2D eigenvalue weighted by atomic mass is 10.1. The minimum Gasteiger partial charge on any atom is -0.367 e. The fourth-order valence-corrected chi connectivity index (χ4v) is 4.78. The van der Waals surface area contributed by atoms with E-state index in [1.807, 2.05) is 24.3 Å². The normalized spacial score (nSPS) is 14.6. The van der Waals surface area contributed by atoms with Crippen LogP contribution in [0.5, 0.6) is 0 Å². The first-order valence-corrected chi connectivity index (χ1v) is 11.9. The molecule has 0 unspecified atom stereocenters. The Balaban J connectivity index is 1.18. The molecule has 0 amide bonds. The topological polar surface area (TPSA) is 78.0 Å². The van der Waals surface area contributed by atoms with Gasteiger partial charge >= 0.3 is 0 Å². The number of carbonyl (C=O) groups is 1. The van der Waals surface area contributed by atoms with Gasteiger partial charge in [0.25, 0.3) is 0 Å². The van der Waals surface area contributed by atoms with Crippen molar-refractivity contribution in [2.45, 2.75) is 13.5 Å². The first-order valence-electron chi connectivity index (χ1n) is 11.9. The van der Waals surface area contributed by atoms with E-state index in [1.165, 1.54) is 5.56 Å². The number of benzene rings is 3. The van der Waals surface area contributed by atoms with E-state index in [-0.39, 0.29) is 5.78 Å². The number of nitrogens with zero attached hydrogens (tertiary/aromatic N) is 5. The van der Waals surface area contributed by atoms with Crippen molar-refractivity contribution in [2.24, 2.45) is 0 Å². The zero-order chi connectivity index (χ0) is 23.8. The Labute approximate surface area is 203 Å². The Morgan fingerprint density at radius 2 is 1.69 bits per heavy atom. The average Bonchev–Trinajstić information content (AvgIpc) is 3.34. The molecule has 1 aliphatic rings. The van der Waals surface area contributed by atoms with Gasteiger partial charge in [-0.2, -0.15) is 0 Å². The SMILES string of the molecule is CC(=O)c1ccc(-c2nc3c(N4CCN(Cc5ccc6nccnc6c5)CC4)cccc3[nH]2)cc1. The van der Waals surface area contributed by atoms with Gasteiger partial charge in [-0.05, 0) is 36.8 Å². The molecular weight excluding hydrogens is 436 g/mol. The number of nitrogens with one attached hydrogen (secondary N) is 1. The number of hydrogen-bond acceptors (Lipinski definition) is 6. The van der Waals surface area contributed by atoms with Crippen molar-refractivity contribution in [3.05, 3.63) is 84.2 Å². The quantitative estimate of drug-likeness (QED) is 0.382. The highest BCUT2D eigenvalue weighted by molar-refractivity contribution is 5.95. The number of para-hydroxylation sites is 1. The molecule has 1 aliphatic heterocycles. The highest BCUT2D eigenvalue weighted by Crippen LogP contribution is 2.29. The first kappa shape index (κ1) is 21.4. The van der Waals surface area contributed by atoms with Crippen LogP contribution in [0, 0.1) is 0 Å². The summed E-state index contributed by atoms with van der Waals surface area (Å²) in [6.07, 6.45) is 3.47. The fourth-order valence-electron chi connectivity index (χ4n) is 4.78. The van der Waals surface area contributed by atoms with E-state index in [2.05, 4.69) is 61.1 Å². The molecule has 0 aliphatic carbocycles. The molecule has 174 valence electrons. The molecular formula is C28H26N6O. The van der Waals surface area contributed by atoms with Gasteiger partial charge in [0, 0.05) is 56.2 Å². The van der Waals surface area contributed by atoms with E-state index in [9.17, 15) is 4.79 Å². The number of aromatic nitrogens is 4. The molecule has 3 heterocycles. The minimum absolute atomic E-state index is 0.0666. The van der Waals surface area contributed by atoms with Crippen LogP contribution in [0.4, 0.5) is 5.69 Å². The van der Waals surface area contributed by atoms with E-state index in [4.69, 9.17) is 4.98 Å². The van der Waals surface area contributed by atoms with E-state index in [0.29, 0.717) is 5.56 Å². The van der Waals surface area contributed by atoms with Crippen molar-refractivity contribution >= 4 is 33.5 Å². The molecule has 0 spiro atoms. The summed E-state index contributed by atoms with van der Waals surface area (Å²) in [5.74, 6) is 0.887. The van der Waals surface area contributed by atoms with Crippen LogP contribution in [-0.2, 0) is 6.54 Å². The number of carbonyl (C=O) groups excluding carboxylic acids is 1. The van der Waals surface area contributed by atoms with Gasteiger partial charge < -0.3 is 9.88 Å². The molecule has 6 rings (SSSR count). The average molecular weight is 463 g/mol. The largest absolute Gasteiger partial charge is 0.367 e. The molecule has 0 atom stereocenters. The molecule has 1 saturated heterocycles. The number of Topliss-reactive ketones (excluding diaryl/α,β-unsaturated/α-hetero) is 1. The smallest absolute Gasteiger partial charge is 0.159 e. The second-order valence-electron chi connectivity index (χ2n) is 9.03. The van der Waals surface area contributed by atoms with Crippen LogP contribution in [0.3, 0.4) is 0 Å². The second kappa shape index (κ2) is 8.92. The summed E-state index contributed by atoms with van der Waals surface area (Å²) in [5.41, 5.74) is 7.99. The Morgan fingerprint density at radius 3 is 2.46 bits per heavy atom. The number of piperazine rings is 1. The first-order chi connectivity index (χ1) is 17.1. The molecule has 2 aromatic heterocycles. The summed E-state index contributed by atoms with van der Waals surface area (Å²) < 4.78 is 0. The predicted molar refractivity (Wildman–Crippen MR) is 139 cm³/mol. The van der Waals surface area contributed by atoms with Gasteiger partial charge in [0.05, 0.1) is 22.2 Å². The lowest BCUT2D eigenvalue weighted by molar-refractivity contribution is 0.101. The Bertz CT molecular complexity index is 1520. The van der Waals surface area contributed by atoms with Gasteiger partial charge in [-0.1, -0.05) is 36.4 Å². The van der Waals surface area contributed by atoms with Crippen LogP contribution in [0.15, 0.2) is 73.1 Å². The lowest BCUT2D eigenvalue weighted by Gasteiger charge is -2.36. The number of aromatic amines is 1. The summed E-state index contributed by atoms with van der Waals surface area (Å²) in [5, 5.41) is 0. The number of H-pyrrole nitrogens is 1. The lowest BCUT2D eigenvalue weighted by Crippen LogP contribution is -2.46. The third kappa shape index (κ3) is 4.26. The molecule has 0 saturated carbocycles. The maximum Gasteiger partial charge on any atom is 0.159 e. The predicted octanol–water partition coefficient (Wildman–Crippen LogP) is 4.70. The molecule has 0 bridgehead atoms. The second-order valence-corrected chi connectivity index (χ2v) is 9.03. The summed E-state index contributed by atoms with van der Waals surface area (Å²) in [7, 11) is 0. The number of fused-ring (bicyclic) bond motifs is 2. The zero-order valence-electron chi connectivity index (χ0n) is 19.6. The highest BCUT2D eigenvalue weighted by Gasteiger charge is 2.20. The summed E-state index contributed by atoms with van der Waals surface area (Å²) in [4.78, 5) is 33.7. The van der Waals surface area contributed by atoms with Crippen LogP contribution < -0.4 is 4.90 Å². The number of anilines is 1. The van der Waals surface area contributed by atoms with Crippen LogP contribution in [0.25, 0.3) is 33.5 Å². The maximum atomic E-state index is 11.6. The molecule has 3 aromatic carbocycles. The van der Waals surface area contributed by atoms with Gasteiger partial charge in [-0.3, -0.25) is 19.7 Å². The van der Waals surface area contributed by atoms with E-state index < -0.39 is 0 Å². The zero-order valence-corrected chi connectivity index (χ0v) is 19.6. The van der Waals surface area contributed by atoms with Crippen LogP contribution in [0.2, 0.25) is 0 Å². The Kier molecular flexibility index (Phi) is 5.47. The molecule has 0 radical (unpaired) electrons. The summed E-state index contributed by atoms with van der Waals surface area (Å²) >= 11 is 0. The van der Waals surface area contributed by atoms with E-state index in [0.717, 1.165) is 71.9 Å². The Hall–Kier alpha value is -4.10. The van der Waals surface area contributed by atoms with Crippen LogP contribution in [0.1, 0.15) is 22.8 Å². The van der Waals surface area contributed by atoms with Crippen molar-refractivity contribution < 1.29 is 4.79 Å². The number of imidazole rings is 1. The summed E-state index contributed by atoms with van der Waals surface area (Å²) in [6, 6.07) is 20.3. The molecule has 1 N–H and O–H groups in total. The Morgan fingerprint density at radius 1 is 0.914 bits per heavy atom. The summed E-state index contributed by atoms with van der Waals surface area (Å²) in [6.45, 7) is 6.35. The molecule has 35 heavy (non-hydrogen) atoms. The molecule has 7 heteroatoms. The van der Waals surface area contributed by atoms with Crippen LogP contribution >= 0.6 is 0 Å². The third-order valence-electron chi connectivity index (χ3n) is 6.71. The monoisotopic (exact) mass is 462 g/mol. The van der Waals surface area contributed by atoms with Crippen LogP contribution in [-0.4, -0.2) is 56.8 Å². The van der Waals surface area contributed by atoms with Gasteiger partial charge in [0.2, 0.25) is 0 Å². The molecule has 7 nitrogen and oxygen atoms in total. The van der Waals surface area contributed by atoms with Gasteiger partial charge in [0.15, 0.2) is 5.78 Å². The van der Waals surface area contributed by atoms with Gasteiger partial charge in [0.1, 0.15) is 11.3 Å². The van der Waals surface area contributed by atoms with Crippen molar-refractivity contribution in [1.29, 1.82) is 0 Å². The van der Waals surface area contributed by atoms with E-state index in [1.54, 1.807) is 19.3 Å². The number of hydrogen-bond donors (Lipinski definition) is 1. The standard InChI is InChI=1S/C28H26N6O/c1-19(35)21-6-8-22(9-7-21)28-31-24-3-2-4-26(27(24)32-28)34-15-13-33(14-16-34)18-20-5-10-23-25(17-20)30-12-11-29-23/h2-12,17H,13-16,18H2,1H3,(H,31,32). The fraction of sp³-hybridized carbons (Fsp3) is 0.214. The minimum atomic E-state index is 0.0666. The van der Waals surface area contributed by atoms with E-state index >= 15 is 0 Å². The number of ketones is 1. The third-order valence-corrected chi connectivity index (χ3v) is 6.71.